The molecule has 0 spiro atoms. The summed E-state index contributed by atoms with van der Waals surface area (Å²) in [4.78, 5) is 12.2. The second-order valence-electron chi connectivity index (χ2n) is 4.96. The van der Waals surface area contributed by atoms with Gasteiger partial charge in [-0.05, 0) is 49.2 Å². The molecular weight excluding hydrogens is 307 g/mol. The number of rotatable bonds is 5. The van der Waals surface area contributed by atoms with Crippen molar-refractivity contribution in [2.45, 2.75) is 26.4 Å². The summed E-state index contributed by atoms with van der Waals surface area (Å²) >= 11 is 12.0. The highest BCUT2D eigenvalue weighted by atomic mass is 35.5. The van der Waals surface area contributed by atoms with Crippen LogP contribution in [0.3, 0.4) is 0 Å². The molecule has 0 aromatic heterocycles. The summed E-state index contributed by atoms with van der Waals surface area (Å²) in [6.45, 7) is 3.69. The number of carbonyl (C=O) groups is 1. The lowest BCUT2D eigenvalue weighted by atomic mass is 10.0. The van der Waals surface area contributed by atoms with Crippen molar-refractivity contribution < 1.29 is 9.53 Å². The summed E-state index contributed by atoms with van der Waals surface area (Å²) in [6.07, 6.45) is -0.304. The van der Waals surface area contributed by atoms with E-state index in [0.717, 1.165) is 11.1 Å². The Morgan fingerprint density at radius 2 is 1.95 bits per heavy atom. The number of ketones is 1. The van der Waals surface area contributed by atoms with Crippen LogP contribution in [0.4, 0.5) is 0 Å². The number of aryl methyl sites for hydroxylation is 1. The Morgan fingerprint density at radius 3 is 2.62 bits per heavy atom. The molecule has 0 saturated heterocycles. The first-order valence-corrected chi connectivity index (χ1v) is 7.41. The van der Waals surface area contributed by atoms with E-state index in [1.807, 2.05) is 25.1 Å². The predicted molar refractivity (Wildman–Crippen MR) is 86.4 cm³/mol. The van der Waals surface area contributed by atoms with Crippen molar-refractivity contribution >= 4 is 29.0 Å². The van der Waals surface area contributed by atoms with Gasteiger partial charge in [0.1, 0.15) is 5.75 Å². The van der Waals surface area contributed by atoms with E-state index in [1.54, 1.807) is 31.2 Å². The average molecular weight is 323 g/mol. The fourth-order valence-corrected chi connectivity index (χ4v) is 2.42. The minimum atomic E-state index is -0.555. The molecule has 2 aromatic carbocycles. The molecule has 0 amide bonds. The number of Topliss-reactive ketones (excluding diaryl/α,β-unsaturated/α-hetero) is 1. The Bertz CT molecular complexity index is 653. The molecule has 0 N–H and O–H groups in total. The SMILES string of the molecule is Cc1ccc(CC(=O)C(C)Oc2cccc(Cl)c2)c(Cl)c1. The van der Waals surface area contributed by atoms with E-state index in [9.17, 15) is 4.79 Å². The molecule has 21 heavy (non-hydrogen) atoms. The number of halogens is 2. The van der Waals surface area contributed by atoms with E-state index >= 15 is 0 Å². The van der Waals surface area contributed by atoms with Gasteiger partial charge in [0.05, 0.1) is 0 Å². The van der Waals surface area contributed by atoms with Crippen LogP contribution in [0.5, 0.6) is 5.75 Å². The van der Waals surface area contributed by atoms with Crippen molar-refractivity contribution in [3.05, 3.63) is 63.6 Å². The van der Waals surface area contributed by atoms with Gasteiger partial charge in [0.2, 0.25) is 0 Å². The highest BCUT2D eigenvalue weighted by molar-refractivity contribution is 6.31. The van der Waals surface area contributed by atoms with Crippen LogP contribution in [0.1, 0.15) is 18.1 Å². The first-order chi connectivity index (χ1) is 9.95. The number of hydrogen-bond donors (Lipinski definition) is 0. The smallest absolute Gasteiger partial charge is 0.177 e. The molecule has 1 unspecified atom stereocenters. The maximum absolute atomic E-state index is 12.2. The van der Waals surface area contributed by atoms with Gasteiger partial charge in [-0.2, -0.15) is 0 Å². The van der Waals surface area contributed by atoms with Crippen LogP contribution >= 0.6 is 23.2 Å². The van der Waals surface area contributed by atoms with Gasteiger partial charge in [-0.1, -0.05) is 41.4 Å². The molecule has 0 aliphatic rings. The van der Waals surface area contributed by atoms with Gasteiger partial charge >= 0.3 is 0 Å². The molecule has 4 heteroatoms. The predicted octanol–water partition coefficient (Wildman–Crippen LogP) is 4.88. The first-order valence-electron chi connectivity index (χ1n) is 6.65. The molecule has 0 aliphatic heterocycles. The Hall–Kier alpha value is -1.51. The second-order valence-corrected chi connectivity index (χ2v) is 5.80. The van der Waals surface area contributed by atoms with Gasteiger partial charge in [-0.15, -0.1) is 0 Å². The Labute approximate surface area is 134 Å². The van der Waals surface area contributed by atoms with Crippen molar-refractivity contribution in [3.63, 3.8) is 0 Å². The first kappa shape index (κ1) is 15.9. The van der Waals surface area contributed by atoms with Crippen LogP contribution in [0.25, 0.3) is 0 Å². The van der Waals surface area contributed by atoms with E-state index in [2.05, 4.69) is 0 Å². The van der Waals surface area contributed by atoms with Crippen molar-refractivity contribution in [3.8, 4) is 5.75 Å². The van der Waals surface area contributed by atoms with E-state index in [4.69, 9.17) is 27.9 Å². The molecule has 0 radical (unpaired) electrons. The van der Waals surface area contributed by atoms with E-state index in [-0.39, 0.29) is 12.2 Å². The Morgan fingerprint density at radius 1 is 1.19 bits per heavy atom. The lowest BCUT2D eigenvalue weighted by molar-refractivity contribution is -0.124. The topological polar surface area (TPSA) is 26.3 Å². The standard InChI is InChI=1S/C17H16Cl2O2/c1-11-6-7-13(16(19)8-11)9-17(20)12(2)21-15-5-3-4-14(18)10-15/h3-8,10,12H,9H2,1-2H3. The monoisotopic (exact) mass is 322 g/mol. The normalized spacial score (nSPS) is 12.0. The van der Waals surface area contributed by atoms with Crippen molar-refractivity contribution in [2.24, 2.45) is 0 Å². The molecule has 0 saturated carbocycles. The lowest BCUT2D eigenvalue weighted by Crippen LogP contribution is -2.25. The maximum atomic E-state index is 12.2. The molecule has 0 fully saturated rings. The van der Waals surface area contributed by atoms with Gasteiger partial charge in [-0.3, -0.25) is 4.79 Å². The molecular formula is C17H16Cl2O2. The molecule has 0 heterocycles. The highest BCUT2D eigenvalue weighted by Gasteiger charge is 2.16. The van der Waals surface area contributed by atoms with E-state index in [1.165, 1.54) is 0 Å². The summed E-state index contributed by atoms with van der Waals surface area (Å²) in [5.74, 6) is 0.555. The van der Waals surface area contributed by atoms with Gasteiger partial charge in [0, 0.05) is 16.5 Å². The fraction of sp³-hybridized carbons (Fsp3) is 0.235. The Balaban J connectivity index is 2.02. The third-order valence-corrected chi connectivity index (χ3v) is 3.72. The van der Waals surface area contributed by atoms with Gasteiger partial charge < -0.3 is 4.74 Å². The molecule has 2 rings (SSSR count). The summed E-state index contributed by atoms with van der Waals surface area (Å²) < 4.78 is 5.62. The zero-order chi connectivity index (χ0) is 15.4. The van der Waals surface area contributed by atoms with Gasteiger partial charge in [0.25, 0.3) is 0 Å². The van der Waals surface area contributed by atoms with Gasteiger partial charge in [-0.25, -0.2) is 0 Å². The van der Waals surface area contributed by atoms with Crippen LogP contribution in [0.2, 0.25) is 10.0 Å². The van der Waals surface area contributed by atoms with Crippen molar-refractivity contribution in [1.29, 1.82) is 0 Å². The van der Waals surface area contributed by atoms with Crippen LogP contribution in [0, 0.1) is 6.92 Å². The molecule has 2 aromatic rings. The van der Waals surface area contributed by atoms with Crippen LogP contribution in [-0.2, 0) is 11.2 Å². The second kappa shape index (κ2) is 6.97. The van der Waals surface area contributed by atoms with Crippen molar-refractivity contribution in [2.75, 3.05) is 0 Å². The molecule has 2 nitrogen and oxygen atoms in total. The lowest BCUT2D eigenvalue weighted by Gasteiger charge is -2.14. The number of benzene rings is 2. The number of hydrogen-bond acceptors (Lipinski definition) is 2. The molecule has 1 atom stereocenters. The zero-order valence-electron chi connectivity index (χ0n) is 11.9. The molecule has 110 valence electrons. The van der Waals surface area contributed by atoms with Crippen LogP contribution in [-0.4, -0.2) is 11.9 Å². The third kappa shape index (κ3) is 4.48. The third-order valence-electron chi connectivity index (χ3n) is 3.14. The van der Waals surface area contributed by atoms with Crippen LogP contribution in [0.15, 0.2) is 42.5 Å². The molecule has 0 aliphatic carbocycles. The quantitative estimate of drug-likeness (QED) is 0.784. The summed E-state index contributed by atoms with van der Waals surface area (Å²) in [5, 5.41) is 1.19. The summed E-state index contributed by atoms with van der Waals surface area (Å²) in [7, 11) is 0. The van der Waals surface area contributed by atoms with Gasteiger partial charge in [0.15, 0.2) is 11.9 Å². The minimum Gasteiger partial charge on any atom is -0.483 e. The van der Waals surface area contributed by atoms with Crippen LogP contribution < -0.4 is 4.74 Å². The van der Waals surface area contributed by atoms with E-state index < -0.39 is 6.10 Å². The number of carbonyl (C=O) groups excluding carboxylic acids is 1. The zero-order valence-corrected chi connectivity index (χ0v) is 13.4. The van der Waals surface area contributed by atoms with E-state index in [0.29, 0.717) is 15.8 Å². The highest BCUT2D eigenvalue weighted by Crippen LogP contribution is 2.21. The summed E-state index contributed by atoms with van der Waals surface area (Å²) in [5.41, 5.74) is 1.88. The Kier molecular flexibility index (Phi) is 5.27. The summed E-state index contributed by atoms with van der Waals surface area (Å²) in [6, 6.07) is 12.7. The maximum Gasteiger partial charge on any atom is 0.177 e. The number of ether oxygens (including phenoxy) is 1. The molecule has 0 bridgehead atoms. The fourth-order valence-electron chi connectivity index (χ4n) is 1.94. The average Bonchev–Trinajstić information content (AvgIpc) is 2.41. The minimum absolute atomic E-state index is 0.0271. The largest absolute Gasteiger partial charge is 0.483 e. The van der Waals surface area contributed by atoms with Crippen molar-refractivity contribution in [1.82, 2.24) is 0 Å².